The van der Waals surface area contributed by atoms with Crippen LogP contribution >= 0.6 is 0 Å². The summed E-state index contributed by atoms with van der Waals surface area (Å²) in [5, 5.41) is 15.7. The van der Waals surface area contributed by atoms with Crippen molar-refractivity contribution in [1.29, 1.82) is 0 Å². The van der Waals surface area contributed by atoms with E-state index in [1.165, 1.54) is 92.5 Å². The molecule has 0 spiro atoms. The normalized spacial score (nSPS) is 19.2. The molecule has 10 rings (SSSR count). The molecule has 0 bridgehead atoms. The fourth-order valence-corrected chi connectivity index (χ4v) is 8.00. The van der Waals surface area contributed by atoms with Crippen LogP contribution in [0.25, 0.3) is 71.1 Å². The van der Waals surface area contributed by atoms with Crippen LogP contribution in [-0.2, 0) is 6.42 Å². The molecular weight excluding hydrogens is 432 g/mol. The van der Waals surface area contributed by atoms with Gasteiger partial charge in [0.05, 0.1) is 0 Å². The SMILES string of the molecule is C1=CC2=CC=CC3=c4c(c5c6cccc7cccc(c76)c5c5c4c4c6c(cccc65)CC=C4)C(=C1)C23. The predicted octanol–water partition coefficient (Wildman–Crippen LogP) is 8.41. The third-order valence-corrected chi connectivity index (χ3v) is 9.19. The number of rotatable bonds is 0. The van der Waals surface area contributed by atoms with Gasteiger partial charge in [0.25, 0.3) is 0 Å². The molecule has 1 atom stereocenters. The monoisotopic (exact) mass is 452 g/mol. The van der Waals surface area contributed by atoms with Crippen molar-refractivity contribution in [2.45, 2.75) is 6.42 Å². The van der Waals surface area contributed by atoms with Crippen molar-refractivity contribution in [3.05, 3.63) is 125 Å². The van der Waals surface area contributed by atoms with Crippen LogP contribution in [0.1, 0.15) is 16.7 Å². The zero-order valence-electron chi connectivity index (χ0n) is 19.6. The zero-order chi connectivity index (χ0) is 23.1. The maximum atomic E-state index is 2.41. The summed E-state index contributed by atoms with van der Waals surface area (Å²) in [5.74, 6) is 0.338. The molecule has 0 saturated heterocycles. The van der Waals surface area contributed by atoms with Crippen molar-refractivity contribution < 1.29 is 0 Å². The van der Waals surface area contributed by atoms with Crippen LogP contribution in [0.5, 0.6) is 0 Å². The van der Waals surface area contributed by atoms with Crippen molar-refractivity contribution in [2.24, 2.45) is 5.92 Å². The van der Waals surface area contributed by atoms with Gasteiger partial charge >= 0.3 is 0 Å². The summed E-state index contributed by atoms with van der Waals surface area (Å²) < 4.78 is 0. The van der Waals surface area contributed by atoms with Gasteiger partial charge < -0.3 is 0 Å². The molecule has 0 N–H and O–H groups in total. The Balaban J connectivity index is 1.65. The average molecular weight is 453 g/mol. The van der Waals surface area contributed by atoms with Gasteiger partial charge in [0.15, 0.2) is 0 Å². The quantitative estimate of drug-likeness (QED) is 0.217. The van der Waals surface area contributed by atoms with Gasteiger partial charge in [-0.25, -0.2) is 0 Å². The second kappa shape index (κ2) is 5.86. The summed E-state index contributed by atoms with van der Waals surface area (Å²) in [6.45, 7) is 0. The summed E-state index contributed by atoms with van der Waals surface area (Å²) in [7, 11) is 0. The molecule has 0 aromatic heterocycles. The Morgan fingerprint density at radius 1 is 0.611 bits per heavy atom. The standard InChI is InChI=1S/C36H20/c1-7-19-8-2-14-23-28(19)22(13-1)31-32(23)34-26-17-5-11-21-12-6-18-27(30(21)26)36(34)35-25-16-4-10-20-9-3-15-24(29(20)25)33(31)35/h1-11,13-18,29H,12H2. The third-order valence-electron chi connectivity index (χ3n) is 9.19. The van der Waals surface area contributed by atoms with Crippen LogP contribution < -0.4 is 5.22 Å². The van der Waals surface area contributed by atoms with E-state index in [0.29, 0.717) is 5.92 Å². The maximum Gasteiger partial charge on any atom is 0.0352 e. The highest BCUT2D eigenvalue weighted by Crippen LogP contribution is 2.53. The van der Waals surface area contributed by atoms with Gasteiger partial charge in [-0.15, -0.1) is 0 Å². The molecular formula is C36H20. The van der Waals surface area contributed by atoms with E-state index in [1.807, 2.05) is 0 Å². The summed E-state index contributed by atoms with van der Waals surface area (Å²) in [6.07, 6.45) is 19.7. The summed E-state index contributed by atoms with van der Waals surface area (Å²) in [4.78, 5) is 0. The zero-order valence-corrected chi connectivity index (χ0v) is 19.6. The van der Waals surface area contributed by atoms with Gasteiger partial charge in [-0.3, -0.25) is 0 Å². The van der Waals surface area contributed by atoms with E-state index in [1.54, 1.807) is 0 Å². The number of hydrogen-bond acceptors (Lipinski definition) is 0. The molecule has 0 radical (unpaired) electrons. The Bertz CT molecular complexity index is 2250. The smallest absolute Gasteiger partial charge is 0.0352 e. The van der Waals surface area contributed by atoms with Crippen LogP contribution in [0.3, 0.4) is 0 Å². The highest BCUT2D eigenvalue weighted by Gasteiger charge is 2.37. The van der Waals surface area contributed by atoms with Gasteiger partial charge in [-0.05, 0) is 98.9 Å². The van der Waals surface area contributed by atoms with Crippen molar-refractivity contribution in [3.63, 3.8) is 0 Å². The van der Waals surface area contributed by atoms with Crippen molar-refractivity contribution in [1.82, 2.24) is 0 Å². The molecule has 0 aliphatic heterocycles. The van der Waals surface area contributed by atoms with Crippen molar-refractivity contribution >= 4 is 71.1 Å². The molecule has 0 saturated carbocycles. The van der Waals surface area contributed by atoms with E-state index in [-0.39, 0.29) is 0 Å². The number of benzene rings is 4. The van der Waals surface area contributed by atoms with E-state index in [4.69, 9.17) is 0 Å². The first-order valence-electron chi connectivity index (χ1n) is 13.0. The Labute approximate surface area is 207 Å². The van der Waals surface area contributed by atoms with Crippen LogP contribution in [-0.4, -0.2) is 0 Å². The molecule has 4 aliphatic rings. The lowest BCUT2D eigenvalue weighted by atomic mass is 9.81. The second-order valence-corrected chi connectivity index (χ2v) is 10.7. The van der Waals surface area contributed by atoms with Crippen molar-refractivity contribution in [2.75, 3.05) is 0 Å². The lowest BCUT2D eigenvalue weighted by Crippen LogP contribution is -2.10. The Morgan fingerprint density at radius 2 is 1.36 bits per heavy atom. The molecule has 36 heavy (non-hydrogen) atoms. The fourth-order valence-electron chi connectivity index (χ4n) is 8.00. The van der Waals surface area contributed by atoms with E-state index in [9.17, 15) is 0 Å². The van der Waals surface area contributed by atoms with E-state index in [0.717, 1.165) is 6.42 Å². The second-order valence-electron chi connectivity index (χ2n) is 10.7. The topological polar surface area (TPSA) is 0 Å². The first kappa shape index (κ1) is 17.9. The van der Waals surface area contributed by atoms with Crippen LogP contribution in [0, 0.1) is 5.92 Å². The Hall–Kier alpha value is -4.42. The maximum absolute atomic E-state index is 2.41. The molecule has 0 nitrogen and oxygen atoms in total. The highest BCUT2D eigenvalue weighted by atomic mass is 14.4. The minimum Gasteiger partial charge on any atom is -0.0795 e. The van der Waals surface area contributed by atoms with Gasteiger partial charge in [0, 0.05) is 5.92 Å². The molecule has 6 aromatic rings. The fraction of sp³-hybridized carbons (Fsp3) is 0.0556. The largest absolute Gasteiger partial charge is 0.0795 e. The molecule has 164 valence electrons. The first-order valence-corrected chi connectivity index (χ1v) is 13.0. The highest BCUT2D eigenvalue weighted by molar-refractivity contribution is 6.42. The Morgan fingerprint density at radius 3 is 2.25 bits per heavy atom. The van der Waals surface area contributed by atoms with Gasteiger partial charge in [-0.1, -0.05) is 103 Å². The number of hydrogen-bond donors (Lipinski definition) is 0. The molecule has 4 aliphatic carbocycles. The lowest BCUT2D eigenvalue weighted by Gasteiger charge is -2.22. The van der Waals surface area contributed by atoms with Gasteiger partial charge in [0.1, 0.15) is 0 Å². The molecule has 0 fully saturated rings. The summed E-state index contributed by atoms with van der Waals surface area (Å²) in [5.41, 5.74) is 8.71. The lowest BCUT2D eigenvalue weighted by molar-refractivity contribution is 1.06. The van der Waals surface area contributed by atoms with E-state index >= 15 is 0 Å². The van der Waals surface area contributed by atoms with Crippen LogP contribution in [0.2, 0.25) is 0 Å². The van der Waals surface area contributed by atoms with Crippen LogP contribution in [0.4, 0.5) is 0 Å². The number of fused-ring (bicyclic) bond motifs is 11. The molecule has 0 heteroatoms. The summed E-state index contributed by atoms with van der Waals surface area (Å²) in [6, 6.07) is 20.7. The molecule has 0 amide bonds. The van der Waals surface area contributed by atoms with Crippen LogP contribution in [0.15, 0.2) is 103 Å². The Kier molecular flexibility index (Phi) is 2.92. The van der Waals surface area contributed by atoms with Crippen molar-refractivity contribution in [3.8, 4) is 0 Å². The molecule has 0 heterocycles. The number of allylic oxidation sites excluding steroid dienone is 9. The summed E-state index contributed by atoms with van der Waals surface area (Å²) >= 11 is 0. The third kappa shape index (κ3) is 1.81. The molecule has 1 unspecified atom stereocenters. The van der Waals surface area contributed by atoms with E-state index in [2.05, 4.69) is 103 Å². The predicted molar refractivity (Wildman–Crippen MR) is 154 cm³/mol. The average Bonchev–Trinajstić information content (AvgIpc) is 3.55. The van der Waals surface area contributed by atoms with E-state index < -0.39 is 0 Å². The van der Waals surface area contributed by atoms with Gasteiger partial charge in [-0.2, -0.15) is 0 Å². The minimum atomic E-state index is 0.338. The first-order chi connectivity index (χ1) is 17.9. The minimum absolute atomic E-state index is 0.338. The molecule has 6 aromatic carbocycles. The van der Waals surface area contributed by atoms with Gasteiger partial charge in [0.2, 0.25) is 0 Å².